The zero-order chi connectivity index (χ0) is 15.8. The highest BCUT2D eigenvalue weighted by Crippen LogP contribution is 2.32. The van der Waals surface area contributed by atoms with Gasteiger partial charge in [0.05, 0.1) is 12.3 Å². The Morgan fingerprint density at radius 2 is 1.95 bits per heavy atom. The molecule has 0 aliphatic heterocycles. The van der Waals surface area contributed by atoms with Crippen LogP contribution in [0, 0.1) is 6.92 Å². The first-order valence-electron chi connectivity index (χ1n) is 8.05. The maximum Gasteiger partial charge on any atom is 0.186 e. The summed E-state index contributed by atoms with van der Waals surface area (Å²) in [5.41, 5.74) is 1.15. The molecular formula is C16H31N3OS. The number of thiazole rings is 1. The number of anilines is 1. The Morgan fingerprint density at radius 3 is 2.48 bits per heavy atom. The van der Waals surface area contributed by atoms with E-state index < -0.39 is 0 Å². The molecular weight excluding hydrogens is 282 g/mol. The number of hydrogen-bond donors (Lipinski definition) is 1. The van der Waals surface area contributed by atoms with Crippen LogP contribution >= 0.6 is 11.3 Å². The quantitative estimate of drug-likeness (QED) is 0.713. The Labute approximate surface area is 133 Å². The molecule has 0 saturated carbocycles. The van der Waals surface area contributed by atoms with Crippen LogP contribution in [-0.2, 0) is 4.74 Å². The van der Waals surface area contributed by atoms with E-state index in [1.54, 1.807) is 7.11 Å². The molecule has 0 radical (unpaired) electrons. The van der Waals surface area contributed by atoms with Crippen LogP contribution in [0.1, 0.15) is 57.1 Å². The fraction of sp³-hybridized carbons (Fsp3) is 0.812. The van der Waals surface area contributed by atoms with E-state index in [0.29, 0.717) is 12.1 Å². The number of nitrogens with zero attached hydrogens (tertiary/aromatic N) is 2. The van der Waals surface area contributed by atoms with Gasteiger partial charge in [-0.1, -0.05) is 20.8 Å². The van der Waals surface area contributed by atoms with Crippen LogP contribution in [0.2, 0.25) is 0 Å². The van der Waals surface area contributed by atoms with Gasteiger partial charge in [-0.3, -0.25) is 0 Å². The standard InChI is InChI=1S/C16H31N3OS/c1-7-14(8-2)19(10-11-20-6)16-18-13(5)15(21-16)12(4)17-9-3/h12,14,17H,7-11H2,1-6H3. The van der Waals surface area contributed by atoms with Gasteiger partial charge in [0.1, 0.15) is 0 Å². The van der Waals surface area contributed by atoms with Gasteiger partial charge >= 0.3 is 0 Å². The summed E-state index contributed by atoms with van der Waals surface area (Å²) in [4.78, 5) is 8.60. The van der Waals surface area contributed by atoms with Crippen molar-refractivity contribution in [2.75, 3.05) is 31.7 Å². The Morgan fingerprint density at radius 1 is 1.29 bits per heavy atom. The summed E-state index contributed by atoms with van der Waals surface area (Å²) in [6.07, 6.45) is 2.27. The molecule has 21 heavy (non-hydrogen) atoms. The van der Waals surface area contributed by atoms with Gasteiger partial charge < -0.3 is 15.0 Å². The molecule has 1 aromatic rings. The monoisotopic (exact) mass is 313 g/mol. The first kappa shape index (κ1) is 18.4. The second-order valence-corrected chi connectivity index (χ2v) is 6.39. The molecule has 0 amide bonds. The lowest BCUT2D eigenvalue weighted by molar-refractivity contribution is 0.202. The maximum absolute atomic E-state index is 5.28. The summed E-state index contributed by atoms with van der Waals surface area (Å²) in [5, 5.41) is 4.62. The van der Waals surface area contributed by atoms with Crippen LogP contribution in [0.5, 0.6) is 0 Å². The number of rotatable bonds is 10. The topological polar surface area (TPSA) is 37.4 Å². The lowest BCUT2D eigenvalue weighted by Crippen LogP contribution is -2.37. The molecule has 1 atom stereocenters. The van der Waals surface area contributed by atoms with E-state index in [1.165, 1.54) is 4.88 Å². The number of hydrogen-bond acceptors (Lipinski definition) is 5. The van der Waals surface area contributed by atoms with Crippen molar-refractivity contribution in [1.82, 2.24) is 10.3 Å². The number of nitrogens with one attached hydrogen (secondary N) is 1. The SMILES string of the molecule is CCNC(C)c1sc(N(CCOC)C(CC)CC)nc1C. The summed E-state index contributed by atoms with van der Waals surface area (Å²) in [7, 11) is 1.76. The Bertz CT molecular complexity index is 404. The van der Waals surface area contributed by atoms with Crippen molar-refractivity contribution in [2.45, 2.75) is 59.5 Å². The third-order valence-electron chi connectivity index (χ3n) is 3.89. The van der Waals surface area contributed by atoms with Gasteiger partial charge in [-0.2, -0.15) is 0 Å². The zero-order valence-corrected chi connectivity index (χ0v) is 15.2. The van der Waals surface area contributed by atoms with Crippen molar-refractivity contribution in [1.29, 1.82) is 0 Å². The van der Waals surface area contributed by atoms with Crippen molar-refractivity contribution >= 4 is 16.5 Å². The van der Waals surface area contributed by atoms with E-state index in [9.17, 15) is 0 Å². The fourth-order valence-corrected chi connectivity index (χ4v) is 3.86. The first-order chi connectivity index (χ1) is 10.1. The van der Waals surface area contributed by atoms with Crippen LogP contribution in [0.4, 0.5) is 5.13 Å². The molecule has 1 aromatic heterocycles. The third-order valence-corrected chi connectivity index (χ3v) is 5.27. The van der Waals surface area contributed by atoms with Gasteiger partial charge in [0, 0.05) is 30.6 Å². The van der Waals surface area contributed by atoms with Crippen LogP contribution in [0.3, 0.4) is 0 Å². The zero-order valence-electron chi connectivity index (χ0n) is 14.4. The number of aryl methyl sites for hydroxylation is 1. The smallest absolute Gasteiger partial charge is 0.186 e. The van der Waals surface area contributed by atoms with E-state index in [1.807, 2.05) is 11.3 Å². The maximum atomic E-state index is 5.28. The van der Waals surface area contributed by atoms with Gasteiger partial charge in [0.15, 0.2) is 5.13 Å². The van der Waals surface area contributed by atoms with Crippen molar-refractivity contribution in [2.24, 2.45) is 0 Å². The third kappa shape index (κ3) is 4.94. The lowest BCUT2D eigenvalue weighted by Gasteiger charge is -2.30. The van der Waals surface area contributed by atoms with Gasteiger partial charge in [0.25, 0.3) is 0 Å². The molecule has 0 saturated heterocycles. The minimum absolute atomic E-state index is 0.368. The van der Waals surface area contributed by atoms with Crippen LogP contribution < -0.4 is 10.2 Å². The molecule has 0 aromatic carbocycles. The van der Waals surface area contributed by atoms with Crippen LogP contribution in [-0.4, -0.2) is 37.8 Å². The van der Waals surface area contributed by atoms with E-state index in [2.05, 4.69) is 44.8 Å². The lowest BCUT2D eigenvalue weighted by atomic mass is 10.1. The summed E-state index contributed by atoms with van der Waals surface area (Å²) in [6.45, 7) is 13.6. The van der Waals surface area contributed by atoms with E-state index >= 15 is 0 Å². The molecule has 0 aliphatic rings. The highest BCUT2D eigenvalue weighted by atomic mass is 32.1. The average Bonchev–Trinajstić information content (AvgIpc) is 2.85. The minimum Gasteiger partial charge on any atom is -0.383 e. The van der Waals surface area contributed by atoms with Crippen LogP contribution in [0.15, 0.2) is 0 Å². The Kier molecular flexibility index (Phi) is 8.22. The second kappa shape index (κ2) is 9.38. The molecule has 122 valence electrons. The fourth-order valence-electron chi connectivity index (χ4n) is 2.67. The molecule has 0 aliphatic carbocycles. The molecule has 1 N–H and O–H groups in total. The average molecular weight is 314 g/mol. The van der Waals surface area contributed by atoms with E-state index in [-0.39, 0.29) is 0 Å². The van der Waals surface area contributed by atoms with Crippen molar-refractivity contribution < 1.29 is 4.74 Å². The molecule has 1 heterocycles. The van der Waals surface area contributed by atoms with Gasteiger partial charge in [-0.15, -0.1) is 11.3 Å². The predicted molar refractivity (Wildman–Crippen MR) is 92.5 cm³/mol. The second-order valence-electron chi connectivity index (χ2n) is 5.38. The summed E-state index contributed by atoms with van der Waals surface area (Å²) in [6, 6.07) is 0.903. The van der Waals surface area contributed by atoms with Gasteiger partial charge in [-0.25, -0.2) is 4.98 Å². The first-order valence-corrected chi connectivity index (χ1v) is 8.86. The normalized spacial score (nSPS) is 12.9. The molecule has 1 unspecified atom stereocenters. The molecule has 5 heteroatoms. The molecule has 0 fully saturated rings. The van der Waals surface area contributed by atoms with E-state index in [4.69, 9.17) is 9.72 Å². The summed E-state index contributed by atoms with van der Waals surface area (Å²) in [5.74, 6) is 0. The number of aromatic nitrogens is 1. The molecule has 0 spiro atoms. The minimum atomic E-state index is 0.368. The Hall–Kier alpha value is -0.650. The van der Waals surface area contributed by atoms with E-state index in [0.717, 1.165) is 43.4 Å². The molecule has 4 nitrogen and oxygen atoms in total. The highest BCUT2D eigenvalue weighted by molar-refractivity contribution is 7.15. The largest absolute Gasteiger partial charge is 0.383 e. The summed E-state index contributed by atoms with van der Waals surface area (Å²) < 4.78 is 5.28. The number of methoxy groups -OCH3 is 1. The van der Waals surface area contributed by atoms with Gasteiger partial charge in [0.2, 0.25) is 0 Å². The van der Waals surface area contributed by atoms with Gasteiger partial charge in [-0.05, 0) is 33.2 Å². The predicted octanol–water partition coefficient (Wildman–Crippen LogP) is 3.76. The summed E-state index contributed by atoms with van der Waals surface area (Å²) >= 11 is 1.82. The highest BCUT2D eigenvalue weighted by Gasteiger charge is 2.21. The molecule has 1 rings (SSSR count). The van der Waals surface area contributed by atoms with Crippen molar-refractivity contribution in [3.63, 3.8) is 0 Å². The molecule has 0 bridgehead atoms. The van der Waals surface area contributed by atoms with Crippen molar-refractivity contribution in [3.8, 4) is 0 Å². The van der Waals surface area contributed by atoms with Crippen molar-refractivity contribution in [3.05, 3.63) is 10.6 Å². The van der Waals surface area contributed by atoms with Crippen LogP contribution in [0.25, 0.3) is 0 Å². The number of ether oxygens (including phenoxy) is 1. The Balaban J connectivity index is 2.99.